The van der Waals surface area contributed by atoms with E-state index in [1.807, 2.05) is 56.3 Å². The molecule has 4 rings (SSSR count). The van der Waals surface area contributed by atoms with Gasteiger partial charge >= 0.3 is 5.97 Å². The van der Waals surface area contributed by atoms with E-state index in [0.29, 0.717) is 25.2 Å². The molecule has 0 aromatic heterocycles. The largest absolute Gasteiger partial charge is 0.447 e. The van der Waals surface area contributed by atoms with Gasteiger partial charge in [-0.05, 0) is 56.6 Å². The van der Waals surface area contributed by atoms with E-state index in [1.165, 1.54) is 0 Å². The topological polar surface area (TPSA) is 95.9 Å². The second-order valence-corrected chi connectivity index (χ2v) is 10.7. The molecule has 1 amide bonds. The summed E-state index contributed by atoms with van der Waals surface area (Å²) in [6.07, 6.45) is 6.70. The number of hydrogen-bond acceptors (Lipinski definition) is 5. The van der Waals surface area contributed by atoms with Crippen LogP contribution < -0.4 is 5.32 Å². The molecule has 1 saturated heterocycles. The number of benzene rings is 1. The highest BCUT2D eigenvalue weighted by molar-refractivity contribution is 5.93. The molecule has 0 radical (unpaired) electrons. The molecule has 1 spiro atoms. The number of rotatable bonds is 2. The fourth-order valence-electron chi connectivity index (χ4n) is 6.18. The molecule has 7 atom stereocenters. The van der Waals surface area contributed by atoms with Gasteiger partial charge in [-0.25, -0.2) is 0 Å². The van der Waals surface area contributed by atoms with Crippen LogP contribution in [0, 0.1) is 17.8 Å². The monoisotopic (exact) mass is 481 g/mol. The van der Waals surface area contributed by atoms with E-state index < -0.39 is 35.6 Å². The van der Waals surface area contributed by atoms with Crippen molar-refractivity contribution < 1.29 is 24.5 Å². The lowest BCUT2D eigenvalue weighted by molar-refractivity contribution is -0.180. The molecule has 0 unspecified atom stereocenters. The molecule has 2 aliphatic heterocycles. The number of esters is 1. The Bertz CT molecular complexity index is 986. The maximum Gasteiger partial charge on any atom is 0.306 e. The van der Waals surface area contributed by atoms with E-state index in [-0.39, 0.29) is 18.4 Å². The smallest absolute Gasteiger partial charge is 0.306 e. The van der Waals surface area contributed by atoms with Crippen molar-refractivity contribution in [3.63, 3.8) is 0 Å². The van der Waals surface area contributed by atoms with Crippen LogP contribution in [0.5, 0.6) is 0 Å². The Morgan fingerprint density at radius 3 is 2.54 bits per heavy atom. The molecule has 1 aromatic rings. The third-order valence-electron chi connectivity index (χ3n) is 8.28. The zero-order valence-corrected chi connectivity index (χ0v) is 21.1. The highest BCUT2D eigenvalue weighted by Crippen LogP contribution is 2.50. The fraction of sp³-hybridized carbons (Fsp3) is 0.586. The third kappa shape index (κ3) is 5.10. The molecule has 1 fully saturated rings. The standard InChI is InChI=1S/C29H39NO5/c1-18-9-7-13-22(31)15-16-25(32)35-29-23(14-8-10-18)27(33)20(3)19(2)26(29)24(30-28(29)34)17-21-11-5-4-6-12-21/h4-6,8,11-12,14,18,22-24,26-27,31,33H,7,9-10,13,15-17H2,1-3H3,(H,30,34)/b14-8-/t18-,22-,23+,24+,26+,27-,29-/m1/s1. The summed E-state index contributed by atoms with van der Waals surface area (Å²) in [4.78, 5) is 26.9. The van der Waals surface area contributed by atoms with Crippen LogP contribution in [0.15, 0.2) is 53.6 Å². The number of allylic oxidation sites excluding steroid dienone is 1. The lowest BCUT2D eigenvalue weighted by atomic mass is 9.63. The molecule has 3 N–H and O–H groups in total. The van der Waals surface area contributed by atoms with Gasteiger partial charge in [-0.3, -0.25) is 9.59 Å². The number of aliphatic hydroxyl groups is 2. The maximum atomic E-state index is 13.8. The van der Waals surface area contributed by atoms with Crippen LogP contribution in [0.4, 0.5) is 0 Å². The van der Waals surface area contributed by atoms with Crippen molar-refractivity contribution in [3.8, 4) is 0 Å². The molecule has 35 heavy (non-hydrogen) atoms. The minimum absolute atomic E-state index is 0.0378. The summed E-state index contributed by atoms with van der Waals surface area (Å²) in [5.41, 5.74) is 1.29. The highest BCUT2D eigenvalue weighted by Gasteiger charge is 2.66. The first-order valence-electron chi connectivity index (χ1n) is 13.0. The van der Waals surface area contributed by atoms with Crippen molar-refractivity contribution in [3.05, 3.63) is 59.2 Å². The summed E-state index contributed by atoms with van der Waals surface area (Å²) in [5.74, 6) is -1.52. The van der Waals surface area contributed by atoms with Gasteiger partial charge in [-0.1, -0.05) is 67.8 Å². The Morgan fingerprint density at radius 2 is 1.80 bits per heavy atom. The number of aliphatic hydroxyl groups excluding tert-OH is 2. The predicted octanol–water partition coefficient (Wildman–Crippen LogP) is 3.86. The fourth-order valence-corrected chi connectivity index (χ4v) is 6.18. The molecule has 190 valence electrons. The Hall–Kier alpha value is -2.44. The molecule has 1 aliphatic carbocycles. The second kappa shape index (κ2) is 10.7. The molecule has 3 aliphatic rings. The van der Waals surface area contributed by atoms with Gasteiger partial charge in [0, 0.05) is 12.5 Å². The lowest BCUT2D eigenvalue weighted by Crippen LogP contribution is -2.59. The Kier molecular flexibility index (Phi) is 7.82. The summed E-state index contributed by atoms with van der Waals surface area (Å²) >= 11 is 0. The number of hydrogen-bond donors (Lipinski definition) is 3. The molecule has 6 nitrogen and oxygen atoms in total. The number of ether oxygens (including phenoxy) is 1. The van der Waals surface area contributed by atoms with Crippen LogP contribution in [0.3, 0.4) is 0 Å². The van der Waals surface area contributed by atoms with Crippen molar-refractivity contribution in [1.82, 2.24) is 5.32 Å². The summed E-state index contributed by atoms with van der Waals surface area (Å²) in [6.45, 7) is 6.02. The van der Waals surface area contributed by atoms with E-state index in [2.05, 4.69) is 12.2 Å². The number of amides is 1. The van der Waals surface area contributed by atoms with Crippen LogP contribution >= 0.6 is 0 Å². The van der Waals surface area contributed by atoms with E-state index >= 15 is 0 Å². The van der Waals surface area contributed by atoms with Gasteiger partial charge in [-0.15, -0.1) is 0 Å². The summed E-state index contributed by atoms with van der Waals surface area (Å²) in [6, 6.07) is 9.69. The molecule has 2 heterocycles. The van der Waals surface area contributed by atoms with Crippen LogP contribution in [0.2, 0.25) is 0 Å². The Labute approximate surface area is 208 Å². The van der Waals surface area contributed by atoms with Gasteiger partial charge in [0.15, 0.2) is 0 Å². The molecule has 0 saturated carbocycles. The summed E-state index contributed by atoms with van der Waals surface area (Å²) in [5, 5.41) is 24.9. The van der Waals surface area contributed by atoms with Crippen LogP contribution in [-0.2, 0) is 20.7 Å². The van der Waals surface area contributed by atoms with Gasteiger partial charge in [0.2, 0.25) is 5.60 Å². The van der Waals surface area contributed by atoms with Gasteiger partial charge < -0.3 is 20.3 Å². The number of nitrogens with one attached hydrogen (secondary N) is 1. The first kappa shape index (κ1) is 25.6. The molecular formula is C29H39NO5. The number of carbonyl (C=O) groups is 2. The Balaban J connectivity index is 1.77. The van der Waals surface area contributed by atoms with Crippen LogP contribution in [-0.4, -0.2) is 45.9 Å². The zero-order chi connectivity index (χ0) is 25.2. The van der Waals surface area contributed by atoms with Gasteiger partial charge in [0.1, 0.15) is 0 Å². The predicted molar refractivity (Wildman–Crippen MR) is 134 cm³/mol. The minimum atomic E-state index is -1.52. The Morgan fingerprint density at radius 1 is 1.06 bits per heavy atom. The second-order valence-electron chi connectivity index (χ2n) is 10.7. The third-order valence-corrected chi connectivity index (χ3v) is 8.28. The van der Waals surface area contributed by atoms with Gasteiger partial charge in [-0.2, -0.15) is 0 Å². The van der Waals surface area contributed by atoms with Gasteiger partial charge in [0.25, 0.3) is 5.91 Å². The van der Waals surface area contributed by atoms with E-state index in [1.54, 1.807) is 0 Å². The van der Waals surface area contributed by atoms with Gasteiger partial charge in [0.05, 0.1) is 24.0 Å². The van der Waals surface area contributed by atoms with Crippen LogP contribution in [0.25, 0.3) is 0 Å². The molecular weight excluding hydrogens is 442 g/mol. The summed E-state index contributed by atoms with van der Waals surface area (Å²) in [7, 11) is 0. The SMILES string of the molecule is CC1=C(C)[C@H]2[C@H](Cc3ccccc3)NC(=O)[C@]23OC(=O)CC[C@H](O)CCC[C@@H](C)C/C=C\[C@H]3[C@@H]1O. The quantitative estimate of drug-likeness (QED) is 0.440. The molecule has 0 bridgehead atoms. The van der Waals surface area contributed by atoms with Crippen molar-refractivity contribution in [2.45, 2.75) is 89.6 Å². The van der Waals surface area contributed by atoms with Crippen molar-refractivity contribution >= 4 is 11.9 Å². The lowest BCUT2D eigenvalue weighted by Gasteiger charge is -2.46. The van der Waals surface area contributed by atoms with Crippen molar-refractivity contribution in [2.75, 3.05) is 0 Å². The molecule has 6 heteroatoms. The first-order valence-corrected chi connectivity index (χ1v) is 13.0. The number of carbonyl (C=O) groups excluding carboxylic acids is 2. The average molecular weight is 482 g/mol. The average Bonchev–Trinajstić information content (AvgIpc) is 3.09. The highest BCUT2D eigenvalue weighted by atomic mass is 16.6. The zero-order valence-electron chi connectivity index (χ0n) is 21.1. The van der Waals surface area contributed by atoms with Crippen molar-refractivity contribution in [2.24, 2.45) is 17.8 Å². The normalized spacial score (nSPS) is 37.5. The van der Waals surface area contributed by atoms with Crippen LogP contribution in [0.1, 0.15) is 64.9 Å². The van der Waals surface area contributed by atoms with E-state index in [0.717, 1.165) is 36.0 Å². The summed E-state index contributed by atoms with van der Waals surface area (Å²) < 4.78 is 6.15. The minimum Gasteiger partial charge on any atom is -0.447 e. The molecule has 1 aromatic carbocycles. The maximum absolute atomic E-state index is 13.8. The van der Waals surface area contributed by atoms with E-state index in [9.17, 15) is 19.8 Å². The first-order chi connectivity index (χ1) is 16.7. The van der Waals surface area contributed by atoms with E-state index in [4.69, 9.17) is 4.74 Å². The van der Waals surface area contributed by atoms with Crippen molar-refractivity contribution in [1.29, 1.82) is 0 Å².